The highest BCUT2D eigenvalue weighted by Gasteiger charge is 2.66. The van der Waals surface area contributed by atoms with Gasteiger partial charge in [0.2, 0.25) is 0 Å². The number of amides is 2. The predicted molar refractivity (Wildman–Crippen MR) is 164 cm³/mol. The maximum atomic E-state index is 12.9. The Kier molecular flexibility index (Phi) is 8.07. The Morgan fingerprint density at radius 2 is 1.51 bits per heavy atom. The maximum absolute atomic E-state index is 12.9. The number of carbonyl (C=O) groups is 4. The highest BCUT2D eigenvalue weighted by atomic mass is 16.5. The van der Waals surface area contributed by atoms with Gasteiger partial charge in [0.1, 0.15) is 6.10 Å². The quantitative estimate of drug-likeness (QED) is 0.304. The summed E-state index contributed by atoms with van der Waals surface area (Å²) in [6.45, 7) is 12.8. The van der Waals surface area contributed by atoms with Crippen molar-refractivity contribution in [2.75, 3.05) is 14.1 Å². The zero-order valence-corrected chi connectivity index (χ0v) is 27.9. The summed E-state index contributed by atoms with van der Waals surface area (Å²) in [6, 6.07) is 0. The van der Waals surface area contributed by atoms with E-state index in [0.29, 0.717) is 29.6 Å². The largest absolute Gasteiger partial charge is 0.481 e. The summed E-state index contributed by atoms with van der Waals surface area (Å²) < 4.78 is 6.09. The van der Waals surface area contributed by atoms with Crippen LogP contribution in [0.2, 0.25) is 0 Å². The molecule has 0 radical (unpaired) electrons. The minimum absolute atomic E-state index is 0.118. The first-order valence-corrected chi connectivity index (χ1v) is 16.9. The Morgan fingerprint density at radius 3 is 2.16 bits per heavy atom. The number of esters is 1. The van der Waals surface area contributed by atoms with Gasteiger partial charge in [0.15, 0.2) is 0 Å². The highest BCUT2D eigenvalue weighted by Crippen LogP contribution is 2.72. The van der Waals surface area contributed by atoms with Gasteiger partial charge in [0.05, 0.1) is 11.8 Å². The second-order valence-electron chi connectivity index (χ2n) is 17.1. The van der Waals surface area contributed by atoms with Crippen LogP contribution in [0.4, 0.5) is 0 Å². The number of nitrogens with zero attached hydrogens (tertiary/aromatic N) is 1. The number of hydrogen-bond acceptors (Lipinski definition) is 5. The van der Waals surface area contributed by atoms with Crippen molar-refractivity contribution >= 4 is 23.8 Å². The fraction of sp³-hybridized carbons (Fsp3) is 0.886. The van der Waals surface area contributed by atoms with E-state index in [-0.39, 0.29) is 34.3 Å². The summed E-state index contributed by atoms with van der Waals surface area (Å²) in [5, 5.41) is 12.8. The fourth-order valence-electron chi connectivity index (χ4n) is 11.7. The SMILES string of the molecule is CN(C)C(=O)C(=O)NC12CCCC1C1CCC3C(C)(CCC4C(C)(C)C(OC(=O)CC(C)(C)C(=O)O)CCC43C)C1CC2. The molecule has 43 heavy (non-hydrogen) atoms. The lowest BCUT2D eigenvalue weighted by Crippen LogP contribution is -2.65. The maximum Gasteiger partial charge on any atom is 0.311 e. The van der Waals surface area contributed by atoms with Crippen molar-refractivity contribution in [2.24, 2.45) is 51.2 Å². The summed E-state index contributed by atoms with van der Waals surface area (Å²) in [5.41, 5.74) is -1.19. The van der Waals surface area contributed by atoms with Crippen LogP contribution in [0, 0.1) is 51.2 Å². The van der Waals surface area contributed by atoms with E-state index in [1.807, 2.05) is 0 Å². The molecule has 0 bridgehead atoms. The van der Waals surface area contributed by atoms with Gasteiger partial charge in [0.25, 0.3) is 0 Å². The Labute approximate surface area is 258 Å². The lowest BCUT2D eigenvalue weighted by atomic mass is 9.36. The van der Waals surface area contributed by atoms with Crippen molar-refractivity contribution in [2.45, 2.75) is 130 Å². The van der Waals surface area contributed by atoms with E-state index in [2.05, 4.69) is 33.0 Å². The van der Waals surface area contributed by atoms with Crippen LogP contribution in [-0.4, -0.2) is 59.5 Å². The van der Waals surface area contributed by atoms with Crippen LogP contribution in [0.3, 0.4) is 0 Å². The van der Waals surface area contributed by atoms with E-state index < -0.39 is 29.2 Å². The van der Waals surface area contributed by atoms with Gasteiger partial charge in [0, 0.05) is 25.0 Å². The summed E-state index contributed by atoms with van der Waals surface area (Å²) in [7, 11) is 3.28. The number of rotatable bonds is 5. The second-order valence-corrected chi connectivity index (χ2v) is 17.1. The molecule has 5 saturated carbocycles. The standard InChI is InChI=1S/C35H56N2O6/c1-31(2,30(41)42)20-27(38)43-26-15-18-34(6)24(32(26,3)4)14-17-33(5)22-13-19-35(36-28(39)29(40)37(7)8)16-9-10-23(35)21(22)11-12-25(33)34/h21-26H,9-20H2,1-8H3,(H,36,39)(H,41,42). The number of nitrogens with one attached hydrogen (secondary N) is 1. The highest BCUT2D eigenvalue weighted by molar-refractivity contribution is 6.35. The summed E-state index contributed by atoms with van der Waals surface area (Å²) in [6.07, 6.45) is 11.5. The molecular weight excluding hydrogens is 544 g/mol. The van der Waals surface area contributed by atoms with Gasteiger partial charge in [-0.3, -0.25) is 19.2 Å². The van der Waals surface area contributed by atoms with Gasteiger partial charge in [-0.05, 0) is 118 Å². The van der Waals surface area contributed by atoms with E-state index in [4.69, 9.17) is 4.74 Å². The zero-order chi connectivity index (χ0) is 31.8. The normalized spacial score (nSPS) is 41.5. The number of carbonyl (C=O) groups excluding carboxylic acids is 3. The molecule has 5 aliphatic carbocycles. The van der Waals surface area contributed by atoms with Gasteiger partial charge < -0.3 is 20.1 Å². The van der Waals surface area contributed by atoms with Crippen molar-refractivity contribution in [3.63, 3.8) is 0 Å². The minimum atomic E-state index is -1.14. The van der Waals surface area contributed by atoms with E-state index in [0.717, 1.165) is 51.4 Å². The van der Waals surface area contributed by atoms with Crippen molar-refractivity contribution in [3.05, 3.63) is 0 Å². The second kappa shape index (κ2) is 10.8. The molecule has 9 unspecified atom stereocenters. The number of fused-ring (bicyclic) bond motifs is 7. The van der Waals surface area contributed by atoms with Crippen LogP contribution in [0.25, 0.3) is 0 Å². The molecule has 9 atom stereocenters. The summed E-state index contributed by atoms with van der Waals surface area (Å²) in [5.74, 6) is 0.373. The van der Waals surface area contributed by atoms with Crippen LogP contribution >= 0.6 is 0 Å². The number of aliphatic carboxylic acids is 1. The van der Waals surface area contributed by atoms with Crippen molar-refractivity contribution in [1.82, 2.24) is 10.2 Å². The number of carboxylic acid groups (broad SMARTS) is 1. The van der Waals surface area contributed by atoms with E-state index in [1.165, 1.54) is 24.2 Å². The molecule has 0 spiro atoms. The molecule has 5 fully saturated rings. The molecule has 242 valence electrons. The first-order chi connectivity index (χ1) is 19.9. The first kappa shape index (κ1) is 32.3. The van der Waals surface area contributed by atoms with Gasteiger partial charge in [-0.25, -0.2) is 0 Å². The molecular formula is C35H56N2O6. The monoisotopic (exact) mass is 600 g/mol. The van der Waals surface area contributed by atoms with Crippen LogP contribution in [0.5, 0.6) is 0 Å². The third-order valence-corrected chi connectivity index (χ3v) is 13.9. The summed E-state index contributed by atoms with van der Waals surface area (Å²) >= 11 is 0. The van der Waals surface area contributed by atoms with E-state index in [1.54, 1.807) is 27.9 Å². The summed E-state index contributed by atoms with van der Waals surface area (Å²) in [4.78, 5) is 51.3. The molecule has 0 saturated heterocycles. The lowest BCUT2D eigenvalue weighted by molar-refractivity contribution is -0.220. The number of ether oxygens (including phenoxy) is 1. The Morgan fingerprint density at radius 1 is 0.837 bits per heavy atom. The minimum Gasteiger partial charge on any atom is -0.481 e. The van der Waals surface area contributed by atoms with Crippen LogP contribution in [0.15, 0.2) is 0 Å². The molecule has 5 rings (SSSR count). The molecule has 0 aliphatic heterocycles. The van der Waals surface area contributed by atoms with Gasteiger partial charge in [-0.2, -0.15) is 0 Å². The Balaban J connectivity index is 1.33. The third kappa shape index (κ3) is 5.10. The van der Waals surface area contributed by atoms with Crippen molar-refractivity contribution in [1.29, 1.82) is 0 Å². The molecule has 0 aromatic heterocycles. The lowest BCUT2D eigenvalue weighted by Gasteiger charge is -2.69. The van der Waals surface area contributed by atoms with Crippen LogP contribution < -0.4 is 5.32 Å². The van der Waals surface area contributed by atoms with E-state index in [9.17, 15) is 24.3 Å². The van der Waals surface area contributed by atoms with Gasteiger partial charge in [-0.1, -0.05) is 34.1 Å². The van der Waals surface area contributed by atoms with Gasteiger partial charge in [-0.15, -0.1) is 0 Å². The van der Waals surface area contributed by atoms with Crippen LogP contribution in [-0.2, 0) is 23.9 Å². The molecule has 8 nitrogen and oxygen atoms in total. The fourth-order valence-corrected chi connectivity index (χ4v) is 11.7. The van der Waals surface area contributed by atoms with Crippen LogP contribution in [0.1, 0.15) is 119 Å². The van der Waals surface area contributed by atoms with Crippen molar-refractivity contribution in [3.8, 4) is 0 Å². The molecule has 5 aliphatic rings. The zero-order valence-electron chi connectivity index (χ0n) is 27.9. The molecule has 0 aromatic carbocycles. The first-order valence-electron chi connectivity index (χ1n) is 16.9. The van der Waals surface area contributed by atoms with Crippen molar-refractivity contribution < 1.29 is 29.0 Å². The van der Waals surface area contributed by atoms with Gasteiger partial charge >= 0.3 is 23.8 Å². The predicted octanol–water partition coefficient (Wildman–Crippen LogP) is 5.82. The molecule has 0 heterocycles. The number of likely N-dealkylation sites (N-methyl/N-ethyl adjacent to an activating group) is 1. The molecule has 2 amide bonds. The Bertz CT molecular complexity index is 1160. The Hall–Kier alpha value is -2.12. The third-order valence-electron chi connectivity index (χ3n) is 13.9. The molecule has 8 heteroatoms. The van der Waals surface area contributed by atoms with E-state index >= 15 is 0 Å². The average Bonchev–Trinajstić information content (AvgIpc) is 3.33. The number of hydrogen-bond donors (Lipinski definition) is 2. The smallest absolute Gasteiger partial charge is 0.311 e. The molecule has 0 aromatic rings. The number of carboxylic acids is 1. The average molecular weight is 601 g/mol. The molecule has 2 N–H and O–H groups in total. The topological polar surface area (TPSA) is 113 Å².